The highest BCUT2D eigenvalue weighted by Crippen LogP contribution is 2.51. The maximum atomic E-state index is 10.5. The third-order valence-electron chi connectivity index (χ3n) is 5.27. The van der Waals surface area contributed by atoms with Gasteiger partial charge in [0.2, 0.25) is 0 Å². The zero-order valence-corrected chi connectivity index (χ0v) is 14.2. The van der Waals surface area contributed by atoms with Gasteiger partial charge in [-0.1, -0.05) is 6.92 Å². The summed E-state index contributed by atoms with van der Waals surface area (Å²) in [6.45, 7) is 4.50. The Morgan fingerprint density at radius 3 is 2.64 bits per heavy atom. The van der Waals surface area contributed by atoms with Crippen molar-refractivity contribution in [3.05, 3.63) is 15.6 Å². The Labute approximate surface area is 135 Å². The van der Waals surface area contributed by atoms with E-state index in [9.17, 15) is 4.79 Å². The Balaban J connectivity index is 1.53. The van der Waals surface area contributed by atoms with Crippen LogP contribution < -0.4 is 0 Å². The lowest BCUT2D eigenvalue weighted by molar-refractivity contribution is -0.142. The summed E-state index contributed by atoms with van der Waals surface area (Å²) in [6.07, 6.45) is 6.66. The number of carboxylic acids is 1. The van der Waals surface area contributed by atoms with Crippen LogP contribution in [0.3, 0.4) is 0 Å². The third kappa shape index (κ3) is 3.69. The van der Waals surface area contributed by atoms with Gasteiger partial charge in [-0.25, -0.2) is 9.78 Å². The minimum absolute atomic E-state index is 0.239. The minimum atomic E-state index is -0.921. The van der Waals surface area contributed by atoms with Gasteiger partial charge in [0.25, 0.3) is 0 Å². The summed E-state index contributed by atoms with van der Waals surface area (Å²) in [5.74, 6) is 2.59. The summed E-state index contributed by atoms with van der Waals surface area (Å²) < 4.78 is 5.20. The standard InChI is InChI=1S/C17H25NO3S/c1-10-7-14(10)12-3-5-13(6-4-12)17-18-11(2)15(22-17)8-21-9-16(19)20/h10,12-14H,3-9H2,1-2H3,(H,19,20). The van der Waals surface area contributed by atoms with E-state index in [0.29, 0.717) is 12.5 Å². The van der Waals surface area contributed by atoms with Gasteiger partial charge in [-0.3, -0.25) is 0 Å². The van der Waals surface area contributed by atoms with Crippen LogP contribution in [0.1, 0.15) is 60.5 Å². The van der Waals surface area contributed by atoms with Gasteiger partial charge < -0.3 is 9.84 Å². The van der Waals surface area contributed by atoms with Gasteiger partial charge in [0.1, 0.15) is 6.61 Å². The molecule has 0 amide bonds. The Hall–Kier alpha value is -0.940. The molecule has 122 valence electrons. The van der Waals surface area contributed by atoms with Crippen molar-refractivity contribution < 1.29 is 14.6 Å². The summed E-state index contributed by atoms with van der Waals surface area (Å²) >= 11 is 1.71. The normalized spacial score (nSPS) is 31.2. The van der Waals surface area contributed by atoms with Crippen molar-refractivity contribution in [2.45, 2.75) is 58.5 Å². The Bertz CT molecular complexity index is 534. The average molecular weight is 323 g/mol. The van der Waals surface area contributed by atoms with Gasteiger partial charge >= 0.3 is 5.97 Å². The average Bonchev–Trinajstić information content (AvgIpc) is 3.10. The van der Waals surface area contributed by atoms with Crippen molar-refractivity contribution in [3.8, 4) is 0 Å². The molecule has 3 rings (SSSR count). The first-order valence-corrected chi connectivity index (χ1v) is 9.12. The maximum absolute atomic E-state index is 10.5. The van der Waals surface area contributed by atoms with Gasteiger partial charge in [0, 0.05) is 5.92 Å². The fourth-order valence-corrected chi connectivity index (χ4v) is 4.97. The van der Waals surface area contributed by atoms with Crippen molar-refractivity contribution in [3.63, 3.8) is 0 Å². The van der Waals surface area contributed by atoms with E-state index in [4.69, 9.17) is 14.8 Å². The lowest BCUT2D eigenvalue weighted by atomic mass is 9.79. The molecular weight excluding hydrogens is 298 g/mol. The maximum Gasteiger partial charge on any atom is 0.329 e. The number of rotatable bonds is 6. The molecule has 0 radical (unpaired) electrons. The van der Waals surface area contributed by atoms with Gasteiger partial charge in [0.05, 0.1) is 22.2 Å². The molecule has 2 saturated carbocycles. The Kier molecular flexibility index (Phi) is 4.83. The van der Waals surface area contributed by atoms with Crippen LogP contribution in [0, 0.1) is 24.7 Å². The molecule has 0 spiro atoms. The first-order chi connectivity index (χ1) is 10.5. The Morgan fingerprint density at radius 1 is 1.36 bits per heavy atom. The van der Waals surface area contributed by atoms with Crippen LogP contribution >= 0.6 is 11.3 Å². The lowest BCUT2D eigenvalue weighted by Gasteiger charge is -2.27. The van der Waals surface area contributed by atoms with Crippen molar-refractivity contribution in [2.24, 2.45) is 17.8 Å². The summed E-state index contributed by atoms with van der Waals surface area (Å²) in [5, 5.41) is 9.86. The highest BCUT2D eigenvalue weighted by Gasteiger charge is 2.41. The van der Waals surface area contributed by atoms with E-state index in [0.717, 1.165) is 28.3 Å². The molecule has 0 bridgehead atoms. The number of aliphatic carboxylic acids is 1. The molecule has 0 aromatic carbocycles. The topological polar surface area (TPSA) is 59.4 Å². The number of hydrogen-bond acceptors (Lipinski definition) is 4. The molecule has 1 aromatic heterocycles. The number of ether oxygens (including phenoxy) is 1. The molecule has 1 aromatic rings. The lowest BCUT2D eigenvalue weighted by Crippen LogP contribution is -2.15. The fourth-order valence-electron chi connectivity index (χ4n) is 3.79. The predicted octanol–water partition coefficient (Wildman–Crippen LogP) is 3.98. The second-order valence-corrected chi connectivity index (χ2v) is 8.05. The molecule has 2 atom stereocenters. The molecule has 1 heterocycles. The van der Waals surface area contributed by atoms with Crippen molar-refractivity contribution in [1.82, 2.24) is 4.98 Å². The number of carbonyl (C=O) groups is 1. The van der Waals surface area contributed by atoms with E-state index in [1.54, 1.807) is 11.3 Å². The highest BCUT2D eigenvalue weighted by atomic mass is 32.1. The Morgan fingerprint density at radius 2 is 2.05 bits per heavy atom. The summed E-state index contributed by atoms with van der Waals surface area (Å²) in [4.78, 5) is 16.3. The minimum Gasteiger partial charge on any atom is -0.480 e. The molecule has 4 nitrogen and oxygen atoms in total. The van der Waals surface area contributed by atoms with Crippen molar-refractivity contribution in [2.75, 3.05) is 6.61 Å². The van der Waals surface area contributed by atoms with Crippen LogP contribution in [0.4, 0.5) is 0 Å². The predicted molar refractivity (Wildman–Crippen MR) is 86.1 cm³/mol. The van der Waals surface area contributed by atoms with Crippen LogP contribution in [0.5, 0.6) is 0 Å². The molecule has 22 heavy (non-hydrogen) atoms. The summed E-state index contributed by atoms with van der Waals surface area (Å²) in [6, 6.07) is 0. The van der Waals surface area contributed by atoms with E-state index in [2.05, 4.69) is 6.92 Å². The number of hydrogen-bond donors (Lipinski definition) is 1. The van der Waals surface area contributed by atoms with E-state index < -0.39 is 5.97 Å². The first-order valence-electron chi connectivity index (χ1n) is 8.30. The van der Waals surface area contributed by atoms with Crippen LogP contribution in [0.15, 0.2) is 0 Å². The van der Waals surface area contributed by atoms with E-state index >= 15 is 0 Å². The van der Waals surface area contributed by atoms with Crippen LogP contribution in [-0.4, -0.2) is 22.7 Å². The number of thiazole rings is 1. The second-order valence-electron chi connectivity index (χ2n) is 6.94. The van der Waals surface area contributed by atoms with Crippen molar-refractivity contribution in [1.29, 1.82) is 0 Å². The summed E-state index contributed by atoms with van der Waals surface area (Å²) in [5.41, 5.74) is 1.00. The van der Waals surface area contributed by atoms with Crippen LogP contribution in [0.25, 0.3) is 0 Å². The van der Waals surface area contributed by atoms with Crippen LogP contribution in [-0.2, 0) is 16.1 Å². The van der Waals surface area contributed by atoms with E-state index in [1.165, 1.54) is 37.1 Å². The van der Waals surface area contributed by atoms with Gasteiger partial charge in [0.15, 0.2) is 0 Å². The molecule has 2 aliphatic carbocycles. The fraction of sp³-hybridized carbons (Fsp3) is 0.765. The van der Waals surface area contributed by atoms with Crippen LogP contribution in [0.2, 0.25) is 0 Å². The molecule has 0 saturated heterocycles. The van der Waals surface area contributed by atoms with E-state index in [1.807, 2.05) is 6.92 Å². The third-order valence-corrected chi connectivity index (χ3v) is 6.56. The largest absolute Gasteiger partial charge is 0.480 e. The van der Waals surface area contributed by atoms with Gasteiger partial charge in [-0.05, 0) is 56.8 Å². The SMILES string of the molecule is Cc1nc(C2CCC(C3CC3C)CC2)sc1COCC(=O)O. The van der Waals surface area contributed by atoms with Gasteiger partial charge in [-0.2, -0.15) is 0 Å². The second kappa shape index (κ2) is 6.67. The summed E-state index contributed by atoms with van der Waals surface area (Å²) in [7, 11) is 0. The number of carboxylic acid groups (broad SMARTS) is 1. The molecule has 2 aliphatic rings. The zero-order valence-electron chi connectivity index (χ0n) is 13.4. The first kappa shape index (κ1) is 15.9. The van der Waals surface area contributed by atoms with Crippen molar-refractivity contribution >= 4 is 17.3 Å². The number of aromatic nitrogens is 1. The molecular formula is C17H25NO3S. The number of aryl methyl sites for hydroxylation is 1. The molecule has 1 N–H and O–H groups in total. The molecule has 0 aliphatic heterocycles. The smallest absolute Gasteiger partial charge is 0.329 e. The van der Waals surface area contributed by atoms with Gasteiger partial charge in [-0.15, -0.1) is 11.3 Å². The monoisotopic (exact) mass is 323 g/mol. The van der Waals surface area contributed by atoms with E-state index in [-0.39, 0.29) is 6.61 Å². The molecule has 5 heteroatoms. The zero-order chi connectivity index (χ0) is 15.7. The highest BCUT2D eigenvalue weighted by molar-refractivity contribution is 7.11. The molecule has 2 fully saturated rings. The number of nitrogens with zero attached hydrogens (tertiary/aromatic N) is 1. The quantitative estimate of drug-likeness (QED) is 0.860. The molecule has 2 unspecified atom stereocenters.